The van der Waals surface area contributed by atoms with E-state index in [1.165, 1.54) is 0 Å². The first-order valence-electron chi connectivity index (χ1n) is 6.18. The van der Waals surface area contributed by atoms with Crippen molar-refractivity contribution in [2.45, 2.75) is 41.3 Å². The van der Waals surface area contributed by atoms with E-state index >= 15 is 0 Å². The quantitative estimate of drug-likeness (QED) is 0.568. The minimum Gasteiger partial charge on any atom is -0.448 e. The number of para-hydroxylation sites is 2. The Morgan fingerprint density at radius 3 is 2.17 bits per heavy atom. The van der Waals surface area contributed by atoms with Crippen molar-refractivity contribution in [2.24, 2.45) is 0 Å². The molecule has 1 heterocycles. The molecule has 0 N–H and O–H groups in total. The molecule has 0 atom stereocenters. The molecule has 0 aromatic heterocycles. The van der Waals surface area contributed by atoms with Gasteiger partial charge in [-0.15, -0.1) is 0 Å². The first-order chi connectivity index (χ1) is 8.65. The summed E-state index contributed by atoms with van der Waals surface area (Å²) in [6.45, 7) is 0. The summed E-state index contributed by atoms with van der Waals surface area (Å²) in [7, 11) is 0. The Balaban J connectivity index is 1.73. The number of nitriles is 1. The zero-order valence-corrected chi connectivity index (χ0v) is 12.1. The SMILES string of the molecule is N#CCC1(I)CCC2(CC1)Oc1ccccc1O2. The topological polar surface area (TPSA) is 42.2 Å². The molecule has 3 nitrogen and oxygen atoms in total. The van der Waals surface area contributed by atoms with Crippen LogP contribution in [0, 0.1) is 11.3 Å². The van der Waals surface area contributed by atoms with Crippen molar-refractivity contribution in [2.75, 3.05) is 0 Å². The van der Waals surface area contributed by atoms with Gasteiger partial charge in [0, 0.05) is 22.7 Å². The minimum absolute atomic E-state index is 0.0965. The number of hydrogen-bond acceptors (Lipinski definition) is 3. The van der Waals surface area contributed by atoms with Gasteiger partial charge in [-0.1, -0.05) is 34.7 Å². The molecule has 0 unspecified atom stereocenters. The molecule has 1 spiro atoms. The lowest BCUT2D eigenvalue weighted by Gasteiger charge is -2.39. The fraction of sp³-hybridized carbons (Fsp3) is 0.500. The lowest BCUT2D eigenvalue weighted by Crippen LogP contribution is -2.45. The summed E-state index contributed by atoms with van der Waals surface area (Å²) in [5.41, 5.74) is 0. The molecule has 94 valence electrons. The standard InChI is InChI=1S/C14H14INO2/c15-13(9-10-16)5-7-14(8-6-13)17-11-3-1-2-4-12(11)18-14/h1-4H,5-9H2. The van der Waals surface area contributed by atoms with Crippen molar-refractivity contribution in [3.8, 4) is 17.6 Å². The lowest BCUT2D eigenvalue weighted by atomic mass is 9.83. The van der Waals surface area contributed by atoms with Crippen LogP contribution in [0.15, 0.2) is 24.3 Å². The van der Waals surface area contributed by atoms with E-state index in [0.29, 0.717) is 6.42 Å². The van der Waals surface area contributed by atoms with Gasteiger partial charge in [0.15, 0.2) is 11.5 Å². The summed E-state index contributed by atoms with van der Waals surface area (Å²) >= 11 is 2.43. The van der Waals surface area contributed by atoms with Crippen molar-refractivity contribution in [3.05, 3.63) is 24.3 Å². The van der Waals surface area contributed by atoms with Crippen LogP contribution < -0.4 is 9.47 Å². The zero-order valence-electron chi connectivity index (χ0n) is 9.99. The highest BCUT2D eigenvalue weighted by Crippen LogP contribution is 2.50. The number of hydrogen-bond donors (Lipinski definition) is 0. The Labute approximate surface area is 120 Å². The van der Waals surface area contributed by atoms with Crippen LogP contribution in [0.3, 0.4) is 0 Å². The summed E-state index contributed by atoms with van der Waals surface area (Å²) in [6, 6.07) is 10.1. The second-order valence-corrected chi connectivity index (χ2v) is 7.34. The predicted molar refractivity (Wildman–Crippen MR) is 75.9 cm³/mol. The molecule has 1 aromatic rings. The molecule has 0 saturated heterocycles. The second-order valence-electron chi connectivity index (χ2n) is 5.05. The maximum absolute atomic E-state index is 8.87. The van der Waals surface area contributed by atoms with Gasteiger partial charge >= 0.3 is 0 Å². The van der Waals surface area contributed by atoms with Gasteiger partial charge in [-0.2, -0.15) is 5.26 Å². The van der Waals surface area contributed by atoms with Gasteiger partial charge in [-0.05, 0) is 25.0 Å². The van der Waals surface area contributed by atoms with Crippen LogP contribution in [0.4, 0.5) is 0 Å². The van der Waals surface area contributed by atoms with Crippen LogP contribution in [-0.4, -0.2) is 9.21 Å². The summed E-state index contributed by atoms with van der Waals surface area (Å²) in [5.74, 6) is 1.21. The first-order valence-corrected chi connectivity index (χ1v) is 7.26. The number of benzene rings is 1. The van der Waals surface area contributed by atoms with Crippen molar-refractivity contribution in [3.63, 3.8) is 0 Å². The molecule has 0 radical (unpaired) electrons. The zero-order chi connectivity index (χ0) is 12.6. The summed E-state index contributed by atoms with van der Waals surface area (Å²) in [4.78, 5) is 0. The third kappa shape index (κ3) is 2.05. The van der Waals surface area contributed by atoms with Gasteiger partial charge in [0.05, 0.1) is 6.07 Å². The first kappa shape index (κ1) is 12.1. The fourth-order valence-electron chi connectivity index (χ4n) is 2.64. The minimum atomic E-state index is -0.478. The highest BCUT2D eigenvalue weighted by molar-refractivity contribution is 14.1. The Morgan fingerprint density at radius 2 is 1.67 bits per heavy atom. The number of fused-ring (bicyclic) bond motifs is 1. The van der Waals surface area contributed by atoms with Crippen molar-refractivity contribution >= 4 is 22.6 Å². The number of rotatable bonds is 1. The number of ether oxygens (including phenoxy) is 2. The Bertz CT molecular complexity index is 474. The largest absolute Gasteiger partial charge is 0.448 e. The molecule has 4 heteroatoms. The predicted octanol–water partition coefficient (Wildman–Crippen LogP) is 3.82. The van der Waals surface area contributed by atoms with Gasteiger partial charge in [0.25, 0.3) is 5.79 Å². The third-order valence-electron chi connectivity index (χ3n) is 3.74. The molecule has 3 rings (SSSR count). The second kappa shape index (κ2) is 4.30. The number of nitrogens with zero attached hydrogens (tertiary/aromatic N) is 1. The number of halogens is 1. The van der Waals surface area contributed by atoms with Gasteiger partial charge in [-0.3, -0.25) is 0 Å². The normalized spacial score (nSPS) is 22.7. The van der Waals surface area contributed by atoms with Crippen LogP contribution in [0.1, 0.15) is 32.1 Å². The lowest BCUT2D eigenvalue weighted by molar-refractivity contribution is -0.109. The van der Waals surface area contributed by atoms with E-state index in [9.17, 15) is 0 Å². The molecule has 1 aliphatic carbocycles. The van der Waals surface area contributed by atoms with Crippen LogP contribution in [-0.2, 0) is 0 Å². The highest BCUT2D eigenvalue weighted by atomic mass is 127. The molecule has 18 heavy (non-hydrogen) atoms. The number of alkyl halides is 1. The van der Waals surface area contributed by atoms with E-state index in [2.05, 4.69) is 28.7 Å². The molecule has 2 aliphatic rings. The van der Waals surface area contributed by atoms with Gasteiger partial charge < -0.3 is 9.47 Å². The average Bonchev–Trinajstić information content (AvgIpc) is 2.73. The molecular weight excluding hydrogens is 341 g/mol. The van der Waals surface area contributed by atoms with Crippen molar-refractivity contribution < 1.29 is 9.47 Å². The van der Waals surface area contributed by atoms with E-state index in [0.717, 1.165) is 37.2 Å². The van der Waals surface area contributed by atoms with Crippen LogP contribution in [0.25, 0.3) is 0 Å². The summed E-state index contributed by atoms with van der Waals surface area (Å²) in [6.07, 6.45) is 4.25. The van der Waals surface area contributed by atoms with Crippen LogP contribution >= 0.6 is 22.6 Å². The molecular formula is C14H14INO2. The molecule has 1 saturated carbocycles. The third-order valence-corrected chi connectivity index (χ3v) is 5.20. The summed E-state index contributed by atoms with van der Waals surface area (Å²) in [5, 5.41) is 8.87. The van der Waals surface area contributed by atoms with Gasteiger partial charge in [0.2, 0.25) is 0 Å². The van der Waals surface area contributed by atoms with Crippen LogP contribution in [0.2, 0.25) is 0 Å². The maximum atomic E-state index is 8.87. The maximum Gasteiger partial charge on any atom is 0.251 e. The van der Waals surface area contributed by atoms with E-state index in [-0.39, 0.29) is 3.42 Å². The average molecular weight is 355 g/mol. The highest BCUT2D eigenvalue weighted by Gasteiger charge is 2.48. The Morgan fingerprint density at radius 1 is 1.11 bits per heavy atom. The van der Waals surface area contributed by atoms with Gasteiger partial charge in [-0.25, -0.2) is 0 Å². The van der Waals surface area contributed by atoms with E-state index in [1.807, 2.05) is 24.3 Å². The molecule has 1 fully saturated rings. The van der Waals surface area contributed by atoms with E-state index < -0.39 is 5.79 Å². The van der Waals surface area contributed by atoms with E-state index in [1.54, 1.807) is 0 Å². The Hall–Kier alpha value is -0.960. The monoisotopic (exact) mass is 355 g/mol. The Kier molecular flexibility index (Phi) is 2.89. The molecule has 0 amide bonds. The molecule has 1 aromatic carbocycles. The van der Waals surface area contributed by atoms with Crippen molar-refractivity contribution in [1.82, 2.24) is 0 Å². The molecule has 1 aliphatic heterocycles. The van der Waals surface area contributed by atoms with Gasteiger partial charge in [0.1, 0.15) is 0 Å². The summed E-state index contributed by atoms with van der Waals surface area (Å²) < 4.78 is 12.1. The molecule has 0 bridgehead atoms. The van der Waals surface area contributed by atoms with Crippen molar-refractivity contribution in [1.29, 1.82) is 5.26 Å². The fourth-order valence-corrected chi connectivity index (χ4v) is 3.35. The van der Waals surface area contributed by atoms with Crippen LogP contribution in [0.5, 0.6) is 11.5 Å². The smallest absolute Gasteiger partial charge is 0.251 e. The van der Waals surface area contributed by atoms with E-state index in [4.69, 9.17) is 14.7 Å².